The summed E-state index contributed by atoms with van der Waals surface area (Å²) in [5, 5.41) is 10.2. The molecule has 10 heavy (non-hydrogen) atoms. The van der Waals surface area contributed by atoms with Crippen LogP contribution in [0.5, 0.6) is 0 Å². The first-order valence-electron chi connectivity index (χ1n) is 4.93. The Kier molecular flexibility index (Phi) is 3.33. The van der Waals surface area contributed by atoms with Gasteiger partial charge in [-0.3, -0.25) is 0 Å². The molecule has 0 saturated carbocycles. The monoisotopic (exact) mass is 172 g/mol. The van der Waals surface area contributed by atoms with Gasteiger partial charge in [0.2, 0.25) is 0 Å². The minimum Gasteiger partial charge on any atom is -0.550 e. The fraction of sp³-hybridized carbons (Fsp3) is 0.833. The van der Waals surface area contributed by atoms with Gasteiger partial charge in [0.1, 0.15) is 0 Å². The number of hydrogen-bond donors (Lipinski definition) is 0. The van der Waals surface area contributed by atoms with Crippen LogP contribution in [0.4, 0.5) is 0 Å². The molecule has 4 heteroatoms. The molecular formula is C6H13NaO2Si. The predicted molar refractivity (Wildman–Crippen MR) is 37.8 cm³/mol. The number of hydrogen-bond acceptors (Lipinski definition) is 2. The summed E-state index contributed by atoms with van der Waals surface area (Å²) in [5.74, 6) is -1.24. The molecular weight excluding hydrogens is 155 g/mol. The molecule has 0 aromatic heterocycles. The number of carbonyl (C=O) groups is 1. The molecule has 0 rings (SSSR count). The maximum atomic E-state index is 10.2. The molecule has 0 saturated heterocycles. The second-order valence-electron chi connectivity index (χ2n) is 2.43. The molecule has 0 amide bonds. The molecule has 0 aliphatic heterocycles. The van der Waals surface area contributed by atoms with Crippen molar-refractivity contribution in [3.63, 3.8) is 0 Å². The molecule has 1 unspecified atom stereocenters. The van der Waals surface area contributed by atoms with Crippen molar-refractivity contribution in [3.05, 3.63) is 0 Å². The van der Waals surface area contributed by atoms with Gasteiger partial charge in [0.05, 0.1) is 0 Å². The Hall–Kier alpha value is 0.687. The van der Waals surface area contributed by atoms with E-state index in [9.17, 15) is 9.90 Å². The summed E-state index contributed by atoms with van der Waals surface area (Å²) in [7, 11) is -2.74. The fourth-order valence-corrected chi connectivity index (χ4v) is 1.13. The summed E-state index contributed by atoms with van der Waals surface area (Å²) < 4.78 is 28.7. The van der Waals surface area contributed by atoms with E-state index < -0.39 is 20.5 Å². The maximum Gasteiger partial charge on any atom is 1.00 e. The maximum absolute atomic E-state index is 10.2. The first-order chi connectivity index (χ1) is 5.73. The third-order valence-corrected chi connectivity index (χ3v) is 2.23. The van der Waals surface area contributed by atoms with Gasteiger partial charge in [0.25, 0.3) is 0 Å². The van der Waals surface area contributed by atoms with E-state index in [1.165, 1.54) is 6.55 Å². The molecule has 0 aromatic carbocycles. The van der Waals surface area contributed by atoms with Crippen LogP contribution in [0.2, 0.25) is 25.6 Å². The fourth-order valence-electron chi connectivity index (χ4n) is 0.378. The summed E-state index contributed by atoms with van der Waals surface area (Å²) in [6.07, 6.45) is -0.250. The van der Waals surface area contributed by atoms with Gasteiger partial charge in [0.15, 0.2) is 0 Å². The summed E-state index contributed by atoms with van der Waals surface area (Å²) in [4.78, 5) is 10.2. The van der Waals surface area contributed by atoms with Crippen LogP contribution in [0.1, 0.15) is 11.9 Å². The van der Waals surface area contributed by atoms with Crippen LogP contribution >= 0.6 is 0 Å². The van der Waals surface area contributed by atoms with Gasteiger partial charge in [0, 0.05) is 19.5 Å². The number of rotatable bonds is 3. The molecule has 0 aromatic rings. The molecule has 1 atom stereocenters. The number of aliphatic carboxylic acids is 1. The van der Waals surface area contributed by atoms with Crippen LogP contribution in [-0.2, 0) is 4.79 Å². The van der Waals surface area contributed by atoms with E-state index in [1.54, 1.807) is 0 Å². The Bertz CT molecular complexity index is 199. The zero-order chi connectivity index (χ0) is 10.7. The third kappa shape index (κ3) is 11.5. The molecule has 0 bridgehead atoms. The minimum absolute atomic E-state index is 0. The van der Waals surface area contributed by atoms with Crippen LogP contribution in [0.15, 0.2) is 0 Å². The van der Waals surface area contributed by atoms with Crippen molar-refractivity contribution in [2.24, 2.45) is 0 Å². The normalized spacial score (nSPS) is 22.1. The van der Waals surface area contributed by atoms with E-state index in [0.29, 0.717) is 0 Å². The van der Waals surface area contributed by atoms with E-state index in [4.69, 9.17) is 5.48 Å². The van der Waals surface area contributed by atoms with E-state index >= 15 is 0 Å². The van der Waals surface area contributed by atoms with Gasteiger partial charge in [-0.25, -0.2) is 0 Å². The molecule has 0 N–H and O–H groups in total. The average molecular weight is 172 g/mol. The van der Waals surface area contributed by atoms with Crippen molar-refractivity contribution >= 4 is 14.0 Å². The van der Waals surface area contributed by atoms with Crippen LogP contribution in [-0.4, -0.2) is 14.0 Å². The largest absolute Gasteiger partial charge is 1.00 e. The van der Waals surface area contributed by atoms with Gasteiger partial charge < -0.3 is 9.90 Å². The van der Waals surface area contributed by atoms with Crippen LogP contribution in [0.3, 0.4) is 0 Å². The second kappa shape index (κ2) is 5.35. The SMILES string of the molecule is [2H]C[Si](C)(CCC(=O)[O-])C([2H])([2H])[2H].[Na+]. The first-order valence-corrected chi connectivity index (χ1v) is 5.63. The van der Waals surface area contributed by atoms with Crippen molar-refractivity contribution in [2.75, 3.05) is 0 Å². The number of carboxylic acid groups (broad SMARTS) is 1. The Labute approximate surface area is 90.9 Å². The van der Waals surface area contributed by atoms with Crippen molar-refractivity contribution < 1.29 is 44.9 Å². The zero-order valence-electron chi connectivity index (χ0n) is 10.4. The van der Waals surface area contributed by atoms with Gasteiger partial charge in [-0.15, -0.1) is 0 Å². The zero-order valence-corrected chi connectivity index (χ0v) is 9.44. The van der Waals surface area contributed by atoms with Crippen molar-refractivity contribution in [2.45, 2.75) is 32.0 Å². The predicted octanol–water partition coefficient (Wildman–Crippen LogP) is -2.53. The summed E-state index contributed by atoms with van der Waals surface area (Å²) >= 11 is 0. The third-order valence-electron chi connectivity index (χ3n) is 0.881. The van der Waals surface area contributed by atoms with Crippen molar-refractivity contribution in [1.82, 2.24) is 0 Å². The smallest absolute Gasteiger partial charge is 0.550 e. The van der Waals surface area contributed by atoms with E-state index in [1.807, 2.05) is 0 Å². The number of carboxylic acids is 1. The molecule has 0 aliphatic rings. The van der Waals surface area contributed by atoms with Crippen LogP contribution < -0.4 is 34.7 Å². The van der Waals surface area contributed by atoms with Crippen LogP contribution in [0, 0.1) is 0 Å². The van der Waals surface area contributed by atoms with Crippen molar-refractivity contribution in [1.29, 1.82) is 0 Å². The topological polar surface area (TPSA) is 40.1 Å². The Morgan fingerprint density at radius 1 is 1.80 bits per heavy atom. The molecule has 0 heterocycles. The standard InChI is InChI=1S/C6H14O2Si.Na/c1-9(2,3)5-4-6(7)8;/h4-5H2,1-3H3,(H,7,8);/q;+1/p-1/i1D,2D3;. The minimum atomic E-state index is -2.74. The van der Waals surface area contributed by atoms with E-state index in [0.717, 1.165) is 0 Å². The van der Waals surface area contributed by atoms with Crippen LogP contribution in [0.25, 0.3) is 0 Å². The molecule has 54 valence electrons. The summed E-state index contributed by atoms with van der Waals surface area (Å²) in [6.45, 7) is -0.781. The number of carbonyl (C=O) groups excluding carboxylic acids is 1. The van der Waals surface area contributed by atoms with Gasteiger partial charge in [-0.2, -0.15) is 0 Å². The van der Waals surface area contributed by atoms with Gasteiger partial charge >= 0.3 is 29.6 Å². The molecule has 0 fully saturated rings. The first kappa shape index (κ1) is 6.23. The Balaban J connectivity index is 0. The summed E-state index contributed by atoms with van der Waals surface area (Å²) in [6, 6.07) is 0.0926. The average Bonchev–Trinajstić information content (AvgIpc) is 1.98. The molecule has 0 aliphatic carbocycles. The Morgan fingerprint density at radius 2 is 2.40 bits per heavy atom. The molecule has 2 nitrogen and oxygen atoms in total. The quantitative estimate of drug-likeness (QED) is 0.440. The van der Waals surface area contributed by atoms with E-state index in [-0.39, 0.29) is 48.5 Å². The van der Waals surface area contributed by atoms with Gasteiger partial charge in [-0.1, -0.05) is 25.6 Å². The van der Waals surface area contributed by atoms with Gasteiger partial charge in [-0.05, 0) is 6.42 Å². The van der Waals surface area contributed by atoms with Crippen molar-refractivity contribution in [3.8, 4) is 0 Å². The summed E-state index contributed by atoms with van der Waals surface area (Å²) in [5.41, 5.74) is 0. The Morgan fingerprint density at radius 3 is 2.70 bits per heavy atom. The molecule has 0 spiro atoms. The molecule has 0 radical (unpaired) electrons. The van der Waals surface area contributed by atoms with E-state index in [2.05, 4.69) is 0 Å². The second-order valence-corrected chi connectivity index (χ2v) is 6.05.